The molecule has 22 heavy (non-hydrogen) atoms. The van der Waals surface area contributed by atoms with E-state index in [0.717, 1.165) is 37.2 Å². The Hall–Kier alpha value is -0.340. The van der Waals surface area contributed by atoms with Gasteiger partial charge in [0.15, 0.2) is 0 Å². The molecule has 0 aromatic heterocycles. The van der Waals surface area contributed by atoms with Crippen molar-refractivity contribution in [2.75, 3.05) is 6.61 Å². The first kappa shape index (κ1) is 14.0. The molecule has 1 aliphatic heterocycles. The summed E-state index contributed by atoms with van der Waals surface area (Å²) in [4.78, 5) is 0. The van der Waals surface area contributed by atoms with Crippen molar-refractivity contribution in [2.45, 2.75) is 76.9 Å². The maximum atomic E-state index is 10.1. The highest BCUT2D eigenvalue weighted by Crippen LogP contribution is 2.70. The monoisotopic (exact) mass is 302 g/mol. The van der Waals surface area contributed by atoms with Crippen LogP contribution in [0.25, 0.3) is 0 Å². The molecule has 4 aliphatic carbocycles. The summed E-state index contributed by atoms with van der Waals surface area (Å²) in [7, 11) is 0. The van der Waals surface area contributed by atoms with Crippen molar-refractivity contribution < 1.29 is 9.84 Å². The molecule has 2 heteroatoms. The van der Waals surface area contributed by atoms with Gasteiger partial charge in [0, 0.05) is 5.41 Å². The lowest BCUT2D eigenvalue weighted by molar-refractivity contribution is -0.0556. The molecular weight excluding hydrogens is 272 g/mol. The molecule has 5 rings (SSSR count). The minimum Gasteiger partial charge on any atom is -0.393 e. The Labute approximate surface area is 134 Å². The third-order valence-corrected chi connectivity index (χ3v) is 8.86. The molecule has 122 valence electrons. The number of fused-ring (bicyclic) bond motifs is 6. The van der Waals surface area contributed by atoms with E-state index in [4.69, 9.17) is 4.74 Å². The van der Waals surface area contributed by atoms with Crippen LogP contribution < -0.4 is 0 Å². The number of aliphatic hydroxyl groups is 1. The maximum Gasteiger partial charge on any atom is 0.0972 e. The third kappa shape index (κ3) is 1.54. The summed E-state index contributed by atoms with van der Waals surface area (Å²) < 4.78 is 6.01. The van der Waals surface area contributed by atoms with Crippen molar-refractivity contribution in [1.82, 2.24) is 0 Å². The van der Waals surface area contributed by atoms with Gasteiger partial charge in [0.05, 0.1) is 18.3 Å². The molecule has 0 bridgehead atoms. The van der Waals surface area contributed by atoms with Crippen molar-refractivity contribution >= 4 is 0 Å². The van der Waals surface area contributed by atoms with Gasteiger partial charge in [-0.2, -0.15) is 0 Å². The summed E-state index contributed by atoms with van der Waals surface area (Å²) in [5, 5.41) is 10.1. The average molecular weight is 302 g/mol. The van der Waals surface area contributed by atoms with Crippen molar-refractivity contribution in [3.63, 3.8) is 0 Å². The quantitative estimate of drug-likeness (QED) is 0.540. The molecule has 3 saturated carbocycles. The van der Waals surface area contributed by atoms with E-state index in [1.54, 1.807) is 5.57 Å². The number of rotatable bonds is 0. The number of aliphatic hydroxyl groups excluding tert-OH is 1. The predicted octanol–water partition coefficient (Wildman–Crippen LogP) is 4.08. The molecule has 1 heterocycles. The zero-order valence-electron chi connectivity index (χ0n) is 14.1. The normalized spacial score (nSPS) is 59.5. The lowest BCUT2D eigenvalue weighted by atomic mass is 9.47. The lowest BCUT2D eigenvalue weighted by Crippen LogP contribution is -2.51. The van der Waals surface area contributed by atoms with Crippen LogP contribution in [0, 0.1) is 28.6 Å². The molecule has 0 aromatic carbocycles. The topological polar surface area (TPSA) is 32.8 Å². The summed E-state index contributed by atoms with van der Waals surface area (Å²) in [6, 6.07) is 0. The Balaban J connectivity index is 1.51. The van der Waals surface area contributed by atoms with Crippen molar-refractivity contribution in [2.24, 2.45) is 28.6 Å². The van der Waals surface area contributed by atoms with Crippen LogP contribution in [-0.4, -0.2) is 23.4 Å². The molecule has 2 nitrogen and oxygen atoms in total. The van der Waals surface area contributed by atoms with Gasteiger partial charge >= 0.3 is 0 Å². The molecule has 1 spiro atoms. The van der Waals surface area contributed by atoms with Gasteiger partial charge in [-0.25, -0.2) is 0 Å². The largest absolute Gasteiger partial charge is 0.393 e. The Bertz CT molecular complexity index is 534. The Morgan fingerprint density at radius 3 is 2.64 bits per heavy atom. The number of hydrogen-bond donors (Lipinski definition) is 1. The van der Waals surface area contributed by atoms with Crippen LogP contribution in [0.1, 0.15) is 65.2 Å². The highest BCUT2D eigenvalue weighted by atomic mass is 16.6. The van der Waals surface area contributed by atoms with E-state index in [9.17, 15) is 5.11 Å². The minimum absolute atomic E-state index is 0.0839. The molecule has 7 atom stereocenters. The number of allylic oxidation sites excluding steroid dienone is 1. The average Bonchev–Trinajstić information content (AvgIpc) is 3.22. The molecule has 5 aliphatic rings. The number of hydrogen-bond acceptors (Lipinski definition) is 2. The van der Waals surface area contributed by atoms with E-state index >= 15 is 0 Å². The van der Waals surface area contributed by atoms with Gasteiger partial charge < -0.3 is 9.84 Å². The Morgan fingerprint density at radius 1 is 1.09 bits per heavy atom. The highest BCUT2D eigenvalue weighted by molar-refractivity contribution is 5.27. The molecule has 1 N–H and O–H groups in total. The second-order valence-corrected chi connectivity index (χ2v) is 9.43. The first-order valence-corrected chi connectivity index (χ1v) is 9.50. The first-order valence-electron chi connectivity index (χ1n) is 9.50. The zero-order chi connectivity index (χ0) is 15.2. The van der Waals surface area contributed by atoms with Crippen molar-refractivity contribution in [1.29, 1.82) is 0 Å². The van der Waals surface area contributed by atoms with Crippen LogP contribution in [0.2, 0.25) is 0 Å². The fraction of sp³-hybridized carbons (Fsp3) is 0.900. The SMILES string of the molecule is CC12CCC(O)CC1=CCC1C2CCC2(C)C1CCC21CO1. The van der Waals surface area contributed by atoms with Crippen LogP contribution in [0.15, 0.2) is 11.6 Å². The van der Waals surface area contributed by atoms with E-state index in [1.165, 1.54) is 38.5 Å². The van der Waals surface area contributed by atoms with Crippen LogP contribution in [0.5, 0.6) is 0 Å². The summed E-state index contributed by atoms with van der Waals surface area (Å²) in [5.74, 6) is 2.59. The summed E-state index contributed by atoms with van der Waals surface area (Å²) in [6.45, 7) is 6.09. The van der Waals surface area contributed by atoms with Gasteiger partial charge in [-0.15, -0.1) is 0 Å². The fourth-order valence-corrected chi connectivity index (χ4v) is 7.30. The zero-order valence-corrected chi connectivity index (χ0v) is 14.1. The summed E-state index contributed by atoms with van der Waals surface area (Å²) in [6.07, 6.45) is 12.3. The van der Waals surface area contributed by atoms with Crippen LogP contribution >= 0.6 is 0 Å². The molecule has 7 unspecified atom stereocenters. The van der Waals surface area contributed by atoms with Crippen LogP contribution in [-0.2, 0) is 4.74 Å². The van der Waals surface area contributed by atoms with Crippen molar-refractivity contribution in [3.05, 3.63) is 11.6 Å². The predicted molar refractivity (Wildman–Crippen MR) is 86.4 cm³/mol. The summed E-state index contributed by atoms with van der Waals surface area (Å²) in [5.41, 5.74) is 2.69. The van der Waals surface area contributed by atoms with E-state index in [1.807, 2.05) is 0 Å². The molecule has 0 amide bonds. The molecule has 0 radical (unpaired) electrons. The Kier molecular flexibility index (Phi) is 2.67. The Morgan fingerprint density at radius 2 is 1.86 bits per heavy atom. The summed E-state index contributed by atoms with van der Waals surface area (Å²) >= 11 is 0. The third-order valence-electron chi connectivity index (χ3n) is 8.86. The van der Waals surface area contributed by atoms with E-state index in [2.05, 4.69) is 19.9 Å². The second kappa shape index (κ2) is 4.19. The molecular formula is C20H30O2. The standard InChI is InChI=1S/C20H30O2/c1-18-8-5-14(21)11-13(18)3-4-15-16(18)6-9-19(2)17(15)7-10-20(19)12-22-20/h3,14-17,21H,4-12H2,1-2H3. The van der Waals surface area contributed by atoms with Crippen LogP contribution in [0.3, 0.4) is 0 Å². The van der Waals surface area contributed by atoms with Gasteiger partial charge in [0.25, 0.3) is 0 Å². The second-order valence-electron chi connectivity index (χ2n) is 9.43. The van der Waals surface area contributed by atoms with Gasteiger partial charge in [-0.3, -0.25) is 0 Å². The fourth-order valence-electron chi connectivity index (χ4n) is 7.30. The maximum absolute atomic E-state index is 10.1. The van der Waals surface area contributed by atoms with Gasteiger partial charge in [0.2, 0.25) is 0 Å². The van der Waals surface area contributed by atoms with E-state index in [-0.39, 0.29) is 11.7 Å². The molecule has 1 saturated heterocycles. The van der Waals surface area contributed by atoms with Crippen molar-refractivity contribution in [3.8, 4) is 0 Å². The molecule has 4 fully saturated rings. The van der Waals surface area contributed by atoms with Gasteiger partial charge in [-0.1, -0.05) is 25.5 Å². The van der Waals surface area contributed by atoms with Gasteiger partial charge in [0.1, 0.15) is 0 Å². The molecule has 0 aromatic rings. The van der Waals surface area contributed by atoms with Gasteiger partial charge in [-0.05, 0) is 74.5 Å². The van der Waals surface area contributed by atoms with E-state index < -0.39 is 0 Å². The minimum atomic E-state index is -0.0839. The number of epoxide rings is 1. The first-order chi connectivity index (χ1) is 10.5. The number of ether oxygens (including phenoxy) is 1. The highest BCUT2D eigenvalue weighted by Gasteiger charge is 2.69. The van der Waals surface area contributed by atoms with E-state index in [0.29, 0.717) is 10.8 Å². The lowest BCUT2D eigenvalue weighted by Gasteiger charge is -2.57. The smallest absolute Gasteiger partial charge is 0.0972 e. The van der Waals surface area contributed by atoms with Crippen LogP contribution in [0.4, 0.5) is 0 Å².